The first-order chi connectivity index (χ1) is 10.1. The highest BCUT2D eigenvalue weighted by Gasteiger charge is 2.13. The zero-order chi connectivity index (χ0) is 15.1. The summed E-state index contributed by atoms with van der Waals surface area (Å²) in [6.07, 6.45) is 1.72. The van der Waals surface area contributed by atoms with Crippen LogP contribution in [0.25, 0.3) is 0 Å². The number of sulfonamides is 1. The number of hydrogen-bond donors (Lipinski definition) is 0. The molecule has 0 fully saturated rings. The minimum atomic E-state index is -3.61. The predicted molar refractivity (Wildman–Crippen MR) is 88.6 cm³/mol. The fourth-order valence-electron chi connectivity index (χ4n) is 1.79. The van der Waals surface area contributed by atoms with Gasteiger partial charge in [-0.1, -0.05) is 65.3 Å². The van der Waals surface area contributed by atoms with Crippen LogP contribution in [0.3, 0.4) is 0 Å². The molecule has 0 saturated carbocycles. The second-order valence-electron chi connectivity index (χ2n) is 4.41. The first kappa shape index (κ1) is 15.7. The van der Waals surface area contributed by atoms with Crippen molar-refractivity contribution in [3.63, 3.8) is 0 Å². The molecule has 0 amide bonds. The summed E-state index contributed by atoms with van der Waals surface area (Å²) in [5, 5.41) is 0. The molecule has 0 heterocycles. The molecule has 0 aromatic heterocycles. The molecule has 2 rings (SSSR count). The Balaban J connectivity index is 2.31. The average Bonchev–Trinajstić information content (AvgIpc) is 2.49. The van der Waals surface area contributed by atoms with Gasteiger partial charge in [0, 0.05) is 11.5 Å². The molecule has 0 N–H and O–H groups in total. The lowest BCUT2D eigenvalue weighted by molar-refractivity contribution is 0.598. The van der Waals surface area contributed by atoms with Gasteiger partial charge in [-0.3, -0.25) is 0 Å². The van der Waals surface area contributed by atoms with Crippen LogP contribution in [0.2, 0.25) is 0 Å². The Kier molecular flexibility index (Phi) is 5.47. The lowest BCUT2D eigenvalue weighted by Gasteiger charge is -2.07. The van der Waals surface area contributed by atoms with E-state index in [1.807, 2.05) is 30.3 Å². The van der Waals surface area contributed by atoms with Crippen LogP contribution in [-0.2, 0) is 26.5 Å². The maximum Gasteiger partial charge on any atom is 0.287 e. The Morgan fingerprint density at radius 3 is 2.14 bits per heavy atom. The molecule has 2 aromatic rings. The zero-order valence-electron chi connectivity index (χ0n) is 11.6. The average molecular weight is 319 g/mol. The van der Waals surface area contributed by atoms with Crippen molar-refractivity contribution < 1.29 is 8.42 Å². The van der Waals surface area contributed by atoms with Crippen LogP contribution in [0.15, 0.2) is 82.0 Å². The van der Waals surface area contributed by atoms with Crippen molar-refractivity contribution in [2.24, 2.45) is 3.77 Å². The van der Waals surface area contributed by atoms with Gasteiger partial charge in [-0.05, 0) is 17.7 Å². The van der Waals surface area contributed by atoms with Gasteiger partial charge in [0.15, 0.2) is 0 Å². The van der Waals surface area contributed by atoms with E-state index in [-0.39, 0.29) is 4.90 Å². The molecule has 0 aliphatic heterocycles. The van der Waals surface area contributed by atoms with E-state index in [9.17, 15) is 8.42 Å². The summed E-state index contributed by atoms with van der Waals surface area (Å²) in [6, 6.07) is 18.1. The molecule has 0 aliphatic carbocycles. The summed E-state index contributed by atoms with van der Waals surface area (Å²) in [5.74, 6) is 1.17. The lowest BCUT2D eigenvalue weighted by atomic mass is 10.2. The van der Waals surface area contributed by atoms with E-state index in [0.29, 0.717) is 11.5 Å². The minimum Gasteiger partial charge on any atom is -0.199 e. The summed E-state index contributed by atoms with van der Waals surface area (Å²) < 4.78 is 28.7. The van der Waals surface area contributed by atoms with E-state index in [1.165, 1.54) is 0 Å². The third kappa shape index (κ3) is 4.65. The molecule has 0 aliphatic rings. The van der Waals surface area contributed by atoms with Crippen LogP contribution >= 0.6 is 0 Å². The van der Waals surface area contributed by atoms with E-state index in [2.05, 4.69) is 10.3 Å². The minimum absolute atomic E-state index is 0.236. The topological polar surface area (TPSA) is 46.5 Å². The van der Waals surface area contributed by atoms with Crippen LogP contribution in [0, 0.1) is 0 Å². The zero-order valence-corrected chi connectivity index (χ0v) is 13.2. The van der Waals surface area contributed by atoms with Crippen molar-refractivity contribution >= 4 is 20.7 Å². The van der Waals surface area contributed by atoms with Gasteiger partial charge < -0.3 is 0 Å². The van der Waals surface area contributed by atoms with Gasteiger partial charge in [0.2, 0.25) is 0 Å². The Morgan fingerprint density at radius 2 is 1.57 bits per heavy atom. The molecule has 1 atom stereocenters. The standard InChI is InChI=1S/C16H17NO2S2/c1-2-13-20(14-15-9-5-3-6-10-15)17-21(18,19)16-11-7-4-8-12-16/h2-12H,1,13-14H2/t20-/m0/s1. The monoisotopic (exact) mass is 319 g/mol. The van der Waals surface area contributed by atoms with Crippen LogP contribution < -0.4 is 0 Å². The summed E-state index contributed by atoms with van der Waals surface area (Å²) in [5.41, 5.74) is 1.08. The molecule has 5 heteroatoms. The predicted octanol–water partition coefficient (Wildman–Crippen LogP) is 3.56. The van der Waals surface area contributed by atoms with Crippen molar-refractivity contribution in [3.8, 4) is 0 Å². The molecule has 21 heavy (non-hydrogen) atoms. The fourth-order valence-corrected chi connectivity index (χ4v) is 5.17. The molecule has 0 radical (unpaired) electrons. The molecular weight excluding hydrogens is 302 g/mol. The van der Waals surface area contributed by atoms with Crippen LogP contribution in [-0.4, -0.2) is 14.2 Å². The van der Waals surface area contributed by atoms with E-state index in [0.717, 1.165) is 5.56 Å². The van der Waals surface area contributed by atoms with Crippen molar-refractivity contribution in [1.29, 1.82) is 0 Å². The van der Waals surface area contributed by atoms with Gasteiger partial charge in [0.25, 0.3) is 10.0 Å². The maximum atomic E-state index is 12.3. The summed E-state index contributed by atoms with van der Waals surface area (Å²) in [4.78, 5) is 0.236. The Morgan fingerprint density at radius 1 is 1.00 bits per heavy atom. The number of rotatable bonds is 6. The van der Waals surface area contributed by atoms with E-state index in [1.54, 1.807) is 36.4 Å². The van der Waals surface area contributed by atoms with Crippen LogP contribution in [0.5, 0.6) is 0 Å². The van der Waals surface area contributed by atoms with Gasteiger partial charge in [0.05, 0.1) is 4.90 Å². The number of benzene rings is 2. The second kappa shape index (κ2) is 7.33. The largest absolute Gasteiger partial charge is 0.287 e. The smallest absolute Gasteiger partial charge is 0.199 e. The van der Waals surface area contributed by atoms with Gasteiger partial charge in [-0.25, -0.2) is 0 Å². The number of nitrogens with zero attached hydrogens (tertiary/aromatic N) is 1. The summed E-state index contributed by atoms with van der Waals surface area (Å²) in [6.45, 7) is 3.70. The highest BCUT2D eigenvalue weighted by atomic mass is 32.3. The van der Waals surface area contributed by atoms with Crippen molar-refractivity contribution in [2.45, 2.75) is 10.6 Å². The van der Waals surface area contributed by atoms with Gasteiger partial charge >= 0.3 is 0 Å². The first-order valence-corrected chi connectivity index (χ1v) is 9.43. The SMILES string of the molecule is C=CC[S@@](Cc1ccccc1)=NS(=O)(=O)c1ccccc1. The quantitative estimate of drug-likeness (QED) is 0.764. The highest BCUT2D eigenvalue weighted by molar-refractivity contribution is 7.99. The molecule has 0 spiro atoms. The molecule has 110 valence electrons. The van der Waals surface area contributed by atoms with E-state index < -0.39 is 20.7 Å². The summed E-state index contributed by atoms with van der Waals surface area (Å²) in [7, 11) is -4.24. The van der Waals surface area contributed by atoms with Crippen molar-refractivity contribution in [3.05, 3.63) is 78.9 Å². The summed E-state index contributed by atoms with van der Waals surface area (Å²) >= 11 is 0. The van der Waals surface area contributed by atoms with E-state index in [4.69, 9.17) is 0 Å². The van der Waals surface area contributed by atoms with Gasteiger partial charge in [0.1, 0.15) is 0 Å². The molecule has 0 unspecified atom stereocenters. The maximum absolute atomic E-state index is 12.3. The molecule has 2 aromatic carbocycles. The van der Waals surface area contributed by atoms with Crippen LogP contribution in [0.4, 0.5) is 0 Å². The fraction of sp³-hybridized carbons (Fsp3) is 0.125. The van der Waals surface area contributed by atoms with Gasteiger partial charge in [-0.15, -0.1) is 10.3 Å². The molecular formula is C16H17NO2S2. The first-order valence-electron chi connectivity index (χ1n) is 6.47. The second-order valence-corrected chi connectivity index (χ2v) is 7.97. The highest BCUT2D eigenvalue weighted by Crippen LogP contribution is 2.15. The third-order valence-corrected chi connectivity index (χ3v) is 6.51. The molecule has 0 bridgehead atoms. The van der Waals surface area contributed by atoms with E-state index >= 15 is 0 Å². The molecule has 3 nitrogen and oxygen atoms in total. The lowest BCUT2D eigenvalue weighted by Crippen LogP contribution is -2.04. The molecule has 0 saturated heterocycles. The Hall–Kier alpha value is -1.72. The number of hydrogen-bond acceptors (Lipinski definition) is 2. The van der Waals surface area contributed by atoms with Crippen molar-refractivity contribution in [2.75, 3.05) is 5.75 Å². The van der Waals surface area contributed by atoms with Crippen LogP contribution in [0.1, 0.15) is 5.56 Å². The Bertz CT molecular complexity index is 723. The van der Waals surface area contributed by atoms with Crippen molar-refractivity contribution in [1.82, 2.24) is 0 Å². The normalized spacial score (nSPS) is 13.0. The van der Waals surface area contributed by atoms with Gasteiger partial charge in [-0.2, -0.15) is 8.42 Å². The third-order valence-electron chi connectivity index (χ3n) is 2.73. The Labute approximate surface area is 128 Å².